The molecule has 0 bridgehead atoms. The fourth-order valence-electron chi connectivity index (χ4n) is 1.44. The summed E-state index contributed by atoms with van der Waals surface area (Å²) in [5.74, 6) is 0.0942. The maximum Gasteiger partial charge on any atom is 0.162 e. The molecule has 3 nitrogen and oxygen atoms in total. The van der Waals surface area contributed by atoms with Crippen molar-refractivity contribution in [2.24, 2.45) is 0 Å². The highest BCUT2D eigenvalue weighted by molar-refractivity contribution is 6.08. The summed E-state index contributed by atoms with van der Waals surface area (Å²) in [6, 6.07) is 5.13. The molecule has 0 spiro atoms. The number of benzene rings is 1. The highest BCUT2D eigenvalue weighted by Gasteiger charge is 2.10. The number of aromatic amines is 1. The second-order valence-corrected chi connectivity index (χ2v) is 2.96. The van der Waals surface area contributed by atoms with Gasteiger partial charge >= 0.3 is 0 Å². The minimum atomic E-state index is -0.0484. The van der Waals surface area contributed by atoms with Gasteiger partial charge in [-0.15, -0.1) is 0 Å². The van der Waals surface area contributed by atoms with Gasteiger partial charge in [-0.05, 0) is 19.1 Å². The number of Topliss-reactive ketones (excluding diaryl/α,β-unsaturated/α-hetero) is 1. The number of carbonyl (C=O) groups is 1. The molecule has 0 atom stereocenters. The first kappa shape index (κ1) is 7.86. The number of ketones is 1. The molecule has 1 heterocycles. The Morgan fingerprint density at radius 2 is 2.23 bits per heavy atom. The zero-order valence-electron chi connectivity index (χ0n) is 7.16. The van der Waals surface area contributed by atoms with Crippen molar-refractivity contribution in [2.75, 3.05) is 0 Å². The summed E-state index contributed by atoms with van der Waals surface area (Å²) in [6.45, 7) is 1.48. The largest absolute Gasteiger partial charge is 0.507 e. The fourth-order valence-corrected chi connectivity index (χ4v) is 1.44. The number of nitrogens with one attached hydrogen (secondary N) is 1. The van der Waals surface area contributed by atoms with Crippen LogP contribution in [0.1, 0.15) is 17.3 Å². The lowest BCUT2D eigenvalue weighted by Gasteiger charge is -1.96. The quantitative estimate of drug-likeness (QED) is 0.652. The molecular weight excluding hydrogens is 166 g/mol. The van der Waals surface area contributed by atoms with Crippen LogP contribution in [-0.4, -0.2) is 15.9 Å². The number of aromatic nitrogens is 1. The van der Waals surface area contributed by atoms with Gasteiger partial charge in [0.25, 0.3) is 0 Å². The fraction of sp³-hybridized carbons (Fsp3) is 0.100. The van der Waals surface area contributed by atoms with Crippen LogP contribution in [0, 0.1) is 0 Å². The van der Waals surface area contributed by atoms with E-state index in [2.05, 4.69) is 4.98 Å². The van der Waals surface area contributed by atoms with Crippen LogP contribution in [-0.2, 0) is 0 Å². The Hall–Kier alpha value is -1.77. The van der Waals surface area contributed by atoms with E-state index in [0.29, 0.717) is 10.9 Å². The van der Waals surface area contributed by atoms with Gasteiger partial charge in [0.15, 0.2) is 5.78 Å². The number of phenolic OH excluding ortho intramolecular Hbond substituents is 1. The van der Waals surface area contributed by atoms with Crippen molar-refractivity contribution in [1.82, 2.24) is 4.98 Å². The van der Waals surface area contributed by atoms with Crippen LogP contribution in [0.3, 0.4) is 0 Å². The van der Waals surface area contributed by atoms with Gasteiger partial charge in [0.1, 0.15) is 5.75 Å². The third kappa shape index (κ3) is 1.09. The Morgan fingerprint density at radius 1 is 1.46 bits per heavy atom. The lowest BCUT2D eigenvalue weighted by Crippen LogP contribution is -1.88. The molecule has 2 aromatic rings. The van der Waals surface area contributed by atoms with Crippen LogP contribution in [0.4, 0.5) is 0 Å². The summed E-state index contributed by atoms with van der Waals surface area (Å²) in [7, 11) is 0. The number of hydrogen-bond acceptors (Lipinski definition) is 2. The van der Waals surface area contributed by atoms with Gasteiger partial charge < -0.3 is 10.1 Å². The standard InChI is InChI=1S/C10H9NO2/c1-6(12)7-5-11-8-3-2-4-9(13)10(7)8/h2-5,11,13H,1H3. The lowest BCUT2D eigenvalue weighted by atomic mass is 10.1. The SMILES string of the molecule is CC(=O)c1c[nH]c2cccc(O)c12. The third-order valence-corrected chi connectivity index (χ3v) is 2.06. The van der Waals surface area contributed by atoms with E-state index in [1.54, 1.807) is 18.3 Å². The molecule has 0 unspecified atom stereocenters. The van der Waals surface area contributed by atoms with E-state index in [1.807, 2.05) is 6.07 Å². The second kappa shape index (κ2) is 2.62. The molecule has 2 rings (SSSR count). The van der Waals surface area contributed by atoms with Crippen molar-refractivity contribution in [3.8, 4) is 5.75 Å². The Kier molecular flexibility index (Phi) is 1.59. The molecule has 0 fully saturated rings. The van der Waals surface area contributed by atoms with Crippen LogP contribution in [0.2, 0.25) is 0 Å². The van der Waals surface area contributed by atoms with Gasteiger partial charge in [0.05, 0.1) is 5.39 Å². The molecule has 13 heavy (non-hydrogen) atoms. The first-order valence-electron chi connectivity index (χ1n) is 4.00. The molecule has 0 radical (unpaired) electrons. The van der Waals surface area contributed by atoms with Crippen molar-refractivity contribution in [1.29, 1.82) is 0 Å². The van der Waals surface area contributed by atoms with Crippen LogP contribution in [0.15, 0.2) is 24.4 Å². The highest BCUT2D eigenvalue weighted by atomic mass is 16.3. The van der Waals surface area contributed by atoms with Crippen molar-refractivity contribution in [3.63, 3.8) is 0 Å². The number of H-pyrrole nitrogens is 1. The van der Waals surface area contributed by atoms with E-state index >= 15 is 0 Å². The topological polar surface area (TPSA) is 53.1 Å². The second-order valence-electron chi connectivity index (χ2n) is 2.96. The predicted octanol–water partition coefficient (Wildman–Crippen LogP) is 2.08. The zero-order valence-corrected chi connectivity index (χ0v) is 7.16. The molecule has 1 aromatic carbocycles. The first-order valence-corrected chi connectivity index (χ1v) is 4.00. The first-order chi connectivity index (χ1) is 6.20. The molecular formula is C10H9NO2. The highest BCUT2D eigenvalue weighted by Crippen LogP contribution is 2.27. The Labute approximate surface area is 75.0 Å². The van der Waals surface area contributed by atoms with Crippen LogP contribution in [0.5, 0.6) is 5.75 Å². The minimum absolute atomic E-state index is 0.0484. The smallest absolute Gasteiger partial charge is 0.162 e. The van der Waals surface area contributed by atoms with Crippen molar-refractivity contribution in [3.05, 3.63) is 30.0 Å². The Balaban J connectivity index is 2.86. The number of fused-ring (bicyclic) bond motifs is 1. The van der Waals surface area contributed by atoms with Gasteiger partial charge in [-0.3, -0.25) is 4.79 Å². The van der Waals surface area contributed by atoms with Gasteiger partial charge in [0.2, 0.25) is 0 Å². The van der Waals surface area contributed by atoms with E-state index in [9.17, 15) is 9.90 Å². The van der Waals surface area contributed by atoms with E-state index in [-0.39, 0.29) is 11.5 Å². The number of phenols is 1. The third-order valence-electron chi connectivity index (χ3n) is 2.06. The predicted molar refractivity (Wildman–Crippen MR) is 50.0 cm³/mol. The lowest BCUT2D eigenvalue weighted by molar-refractivity contribution is 0.101. The number of hydrogen-bond donors (Lipinski definition) is 2. The van der Waals surface area contributed by atoms with Crippen LogP contribution < -0.4 is 0 Å². The average molecular weight is 175 g/mol. The molecule has 0 aliphatic carbocycles. The van der Waals surface area contributed by atoms with E-state index in [0.717, 1.165) is 5.52 Å². The summed E-state index contributed by atoms with van der Waals surface area (Å²) in [5.41, 5.74) is 1.32. The Bertz CT molecular complexity index is 471. The van der Waals surface area contributed by atoms with Crippen molar-refractivity contribution >= 4 is 16.7 Å². The monoisotopic (exact) mass is 175 g/mol. The molecule has 66 valence electrons. The maximum absolute atomic E-state index is 11.1. The number of carbonyl (C=O) groups excluding carboxylic acids is 1. The van der Waals surface area contributed by atoms with Gasteiger partial charge in [-0.25, -0.2) is 0 Å². The zero-order chi connectivity index (χ0) is 9.42. The molecule has 0 aliphatic rings. The van der Waals surface area contributed by atoms with Gasteiger partial charge in [-0.2, -0.15) is 0 Å². The summed E-state index contributed by atoms with van der Waals surface area (Å²) in [6.07, 6.45) is 1.62. The maximum atomic E-state index is 11.1. The van der Waals surface area contributed by atoms with Gasteiger partial charge in [0, 0.05) is 17.3 Å². The van der Waals surface area contributed by atoms with Crippen LogP contribution >= 0.6 is 0 Å². The van der Waals surface area contributed by atoms with E-state index < -0.39 is 0 Å². The van der Waals surface area contributed by atoms with E-state index in [1.165, 1.54) is 6.92 Å². The average Bonchev–Trinajstić information content (AvgIpc) is 2.49. The number of aromatic hydroxyl groups is 1. The summed E-state index contributed by atoms with van der Waals surface area (Å²) in [5, 5.41) is 10.1. The molecule has 0 aliphatic heterocycles. The summed E-state index contributed by atoms with van der Waals surface area (Å²) in [4.78, 5) is 14.1. The Morgan fingerprint density at radius 3 is 2.92 bits per heavy atom. The molecule has 0 saturated carbocycles. The molecule has 2 N–H and O–H groups in total. The van der Waals surface area contributed by atoms with Gasteiger partial charge in [-0.1, -0.05) is 6.07 Å². The minimum Gasteiger partial charge on any atom is -0.507 e. The van der Waals surface area contributed by atoms with E-state index in [4.69, 9.17) is 0 Å². The summed E-state index contributed by atoms with van der Waals surface area (Å²) < 4.78 is 0. The number of rotatable bonds is 1. The van der Waals surface area contributed by atoms with Crippen molar-refractivity contribution < 1.29 is 9.90 Å². The molecule has 3 heteroatoms. The summed E-state index contributed by atoms with van der Waals surface area (Å²) >= 11 is 0. The van der Waals surface area contributed by atoms with Crippen LogP contribution in [0.25, 0.3) is 10.9 Å². The van der Waals surface area contributed by atoms with Crippen molar-refractivity contribution in [2.45, 2.75) is 6.92 Å². The molecule has 0 amide bonds. The molecule has 0 saturated heterocycles. The molecule has 1 aromatic heterocycles. The normalized spacial score (nSPS) is 10.5.